The molecular formula is C16H15ClN4. The number of pyridine rings is 1. The minimum Gasteiger partial charge on any atom is -0.352 e. The predicted molar refractivity (Wildman–Crippen MR) is 85.2 cm³/mol. The number of imidazole rings is 1. The number of anilines is 1. The fraction of sp³-hybridized carbons (Fsp3) is 0.125. The van der Waals surface area contributed by atoms with E-state index in [0.717, 1.165) is 27.8 Å². The van der Waals surface area contributed by atoms with Crippen molar-refractivity contribution < 1.29 is 0 Å². The minimum absolute atomic E-state index is 0.693. The summed E-state index contributed by atoms with van der Waals surface area (Å²) in [5.41, 5.74) is 3.25. The number of hydrogen-bond donors (Lipinski definition) is 1. The van der Waals surface area contributed by atoms with Gasteiger partial charge >= 0.3 is 0 Å². The molecule has 0 unspecified atom stereocenters. The van der Waals surface area contributed by atoms with Gasteiger partial charge in [0.15, 0.2) is 0 Å². The van der Waals surface area contributed by atoms with E-state index >= 15 is 0 Å². The van der Waals surface area contributed by atoms with Crippen molar-refractivity contribution in [1.82, 2.24) is 14.5 Å². The van der Waals surface area contributed by atoms with Gasteiger partial charge in [-0.1, -0.05) is 29.8 Å². The van der Waals surface area contributed by atoms with Gasteiger partial charge in [-0.3, -0.25) is 4.98 Å². The monoisotopic (exact) mass is 298 g/mol. The highest BCUT2D eigenvalue weighted by Gasteiger charge is 2.08. The Morgan fingerprint density at radius 1 is 1.14 bits per heavy atom. The van der Waals surface area contributed by atoms with Crippen LogP contribution < -0.4 is 5.32 Å². The van der Waals surface area contributed by atoms with Crippen LogP contribution in [-0.2, 0) is 13.6 Å². The normalized spacial score (nSPS) is 10.6. The van der Waals surface area contributed by atoms with Gasteiger partial charge in [-0.2, -0.15) is 0 Å². The maximum Gasteiger partial charge on any atom is 0.203 e. The van der Waals surface area contributed by atoms with E-state index in [0.29, 0.717) is 6.54 Å². The van der Waals surface area contributed by atoms with Crippen molar-refractivity contribution >= 4 is 17.5 Å². The van der Waals surface area contributed by atoms with Gasteiger partial charge in [-0.05, 0) is 29.3 Å². The Morgan fingerprint density at radius 3 is 2.67 bits per heavy atom. The van der Waals surface area contributed by atoms with E-state index in [4.69, 9.17) is 11.6 Å². The molecule has 1 N–H and O–H groups in total. The molecule has 3 aromatic rings. The molecule has 0 aliphatic rings. The van der Waals surface area contributed by atoms with Crippen LogP contribution in [-0.4, -0.2) is 14.5 Å². The minimum atomic E-state index is 0.693. The molecule has 2 heterocycles. The van der Waals surface area contributed by atoms with Crippen molar-refractivity contribution in [3.8, 4) is 11.3 Å². The molecule has 1 aromatic carbocycles. The van der Waals surface area contributed by atoms with Crippen LogP contribution in [0.5, 0.6) is 0 Å². The summed E-state index contributed by atoms with van der Waals surface area (Å²) in [4.78, 5) is 8.53. The smallest absolute Gasteiger partial charge is 0.203 e. The average molecular weight is 299 g/mol. The average Bonchev–Trinajstić information content (AvgIpc) is 2.88. The summed E-state index contributed by atoms with van der Waals surface area (Å²) >= 11 is 5.92. The third kappa shape index (κ3) is 3.06. The number of nitrogens with one attached hydrogen (secondary N) is 1. The highest BCUT2D eigenvalue weighted by atomic mass is 35.5. The van der Waals surface area contributed by atoms with E-state index in [2.05, 4.69) is 15.3 Å². The molecule has 21 heavy (non-hydrogen) atoms. The molecule has 0 saturated carbocycles. The molecule has 0 fully saturated rings. The number of hydrogen-bond acceptors (Lipinski definition) is 3. The van der Waals surface area contributed by atoms with Crippen LogP contribution in [0.3, 0.4) is 0 Å². The highest BCUT2D eigenvalue weighted by Crippen LogP contribution is 2.23. The highest BCUT2D eigenvalue weighted by molar-refractivity contribution is 6.30. The van der Waals surface area contributed by atoms with Gasteiger partial charge in [0.05, 0.1) is 11.9 Å². The summed E-state index contributed by atoms with van der Waals surface area (Å²) < 4.78 is 2.03. The van der Waals surface area contributed by atoms with E-state index in [1.807, 2.05) is 60.4 Å². The molecule has 2 aromatic heterocycles. The standard InChI is InChI=1S/C16H15ClN4/c1-21-15(13-4-6-14(17)7-5-13)11-20-16(21)19-10-12-3-2-8-18-9-12/h2-9,11H,10H2,1H3,(H,19,20). The molecule has 0 saturated heterocycles. The van der Waals surface area contributed by atoms with Crippen molar-refractivity contribution in [3.05, 3.63) is 65.6 Å². The van der Waals surface area contributed by atoms with E-state index < -0.39 is 0 Å². The lowest BCUT2D eigenvalue weighted by molar-refractivity contribution is 0.905. The van der Waals surface area contributed by atoms with Crippen LogP contribution in [0.25, 0.3) is 11.3 Å². The molecule has 0 amide bonds. The Kier molecular flexibility index (Phi) is 3.88. The summed E-state index contributed by atoms with van der Waals surface area (Å²) in [6, 6.07) is 11.7. The van der Waals surface area contributed by atoms with Gasteiger partial charge < -0.3 is 9.88 Å². The molecule has 0 bridgehead atoms. The maximum atomic E-state index is 5.92. The number of benzene rings is 1. The Bertz CT molecular complexity index is 720. The third-order valence-corrected chi connectivity index (χ3v) is 3.55. The number of aromatic nitrogens is 3. The summed E-state index contributed by atoms with van der Waals surface area (Å²) in [7, 11) is 1.99. The topological polar surface area (TPSA) is 42.7 Å². The van der Waals surface area contributed by atoms with Crippen molar-refractivity contribution in [3.63, 3.8) is 0 Å². The molecule has 3 rings (SSSR count). The van der Waals surface area contributed by atoms with E-state index in [1.165, 1.54) is 0 Å². The quantitative estimate of drug-likeness (QED) is 0.798. The van der Waals surface area contributed by atoms with Gasteiger partial charge in [-0.15, -0.1) is 0 Å². The summed E-state index contributed by atoms with van der Waals surface area (Å²) in [6.45, 7) is 0.693. The predicted octanol–water partition coefficient (Wildman–Crippen LogP) is 3.75. The van der Waals surface area contributed by atoms with Crippen molar-refractivity contribution in [1.29, 1.82) is 0 Å². The Labute approximate surface area is 128 Å². The molecule has 0 radical (unpaired) electrons. The zero-order chi connectivity index (χ0) is 14.7. The first-order valence-electron chi connectivity index (χ1n) is 6.64. The zero-order valence-electron chi connectivity index (χ0n) is 11.6. The molecule has 4 nitrogen and oxygen atoms in total. The lowest BCUT2D eigenvalue weighted by Crippen LogP contribution is -2.05. The first-order chi connectivity index (χ1) is 10.2. The van der Waals surface area contributed by atoms with Gasteiger partial charge in [0, 0.05) is 31.0 Å². The SMILES string of the molecule is Cn1c(-c2ccc(Cl)cc2)cnc1NCc1cccnc1. The second-order valence-electron chi connectivity index (χ2n) is 4.75. The molecule has 0 aliphatic heterocycles. The van der Waals surface area contributed by atoms with Gasteiger partial charge in [0.2, 0.25) is 5.95 Å². The van der Waals surface area contributed by atoms with E-state index in [-0.39, 0.29) is 0 Å². The van der Waals surface area contributed by atoms with Gasteiger partial charge in [-0.25, -0.2) is 4.98 Å². The third-order valence-electron chi connectivity index (χ3n) is 3.30. The Hall–Kier alpha value is -2.33. The number of nitrogens with zero attached hydrogens (tertiary/aromatic N) is 3. The molecule has 0 spiro atoms. The van der Waals surface area contributed by atoms with E-state index in [9.17, 15) is 0 Å². The molecule has 0 atom stereocenters. The Morgan fingerprint density at radius 2 is 1.95 bits per heavy atom. The largest absolute Gasteiger partial charge is 0.352 e. The molecule has 5 heteroatoms. The Balaban J connectivity index is 1.78. The van der Waals surface area contributed by atoms with Crippen LogP contribution >= 0.6 is 11.6 Å². The summed E-state index contributed by atoms with van der Waals surface area (Å²) in [5.74, 6) is 0.823. The number of halogens is 1. The van der Waals surface area contributed by atoms with E-state index in [1.54, 1.807) is 6.20 Å². The summed E-state index contributed by atoms with van der Waals surface area (Å²) in [6.07, 6.45) is 5.47. The first kappa shape index (κ1) is 13.6. The molecular weight excluding hydrogens is 284 g/mol. The van der Waals surface area contributed by atoms with Gasteiger partial charge in [0.25, 0.3) is 0 Å². The summed E-state index contributed by atoms with van der Waals surface area (Å²) in [5, 5.41) is 4.05. The van der Waals surface area contributed by atoms with Crippen molar-refractivity contribution in [2.45, 2.75) is 6.54 Å². The van der Waals surface area contributed by atoms with Crippen molar-refractivity contribution in [2.75, 3.05) is 5.32 Å². The van der Waals surface area contributed by atoms with Crippen LogP contribution in [0.15, 0.2) is 55.0 Å². The lowest BCUT2D eigenvalue weighted by Gasteiger charge is -2.08. The lowest BCUT2D eigenvalue weighted by atomic mass is 10.2. The molecule has 106 valence electrons. The fourth-order valence-electron chi connectivity index (χ4n) is 2.15. The van der Waals surface area contributed by atoms with Crippen molar-refractivity contribution in [2.24, 2.45) is 7.05 Å². The van der Waals surface area contributed by atoms with Gasteiger partial charge in [0.1, 0.15) is 0 Å². The first-order valence-corrected chi connectivity index (χ1v) is 7.02. The second-order valence-corrected chi connectivity index (χ2v) is 5.18. The van der Waals surface area contributed by atoms with Crippen LogP contribution in [0.2, 0.25) is 5.02 Å². The van der Waals surface area contributed by atoms with Crippen LogP contribution in [0.4, 0.5) is 5.95 Å². The van der Waals surface area contributed by atoms with Crippen LogP contribution in [0.1, 0.15) is 5.56 Å². The second kappa shape index (κ2) is 5.97. The number of rotatable bonds is 4. The maximum absolute atomic E-state index is 5.92. The zero-order valence-corrected chi connectivity index (χ0v) is 12.4. The molecule has 0 aliphatic carbocycles. The fourth-order valence-corrected chi connectivity index (χ4v) is 2.27. The van der Waals surface area contributed by atoms with Crippen LogP contribution in [0, 0.1) is 0 Å².